The number of allylic oxidation sites excluding steroid dienone is 1. The fourth-order valence-electron chi connectivity index (χ4n) is 12.2. The number of rotatable bonds is 17. The van der Waals surface area contributed by atoms with Crippen molar-refractivity contribution in [2.75, 3.05) is 0 Å². The molecular weight excluding hydrogens is 1460 g/mol. The van der Waals surface area contributed by atoms with Gasteiger partial charge in [0, 0.05) is 145 Å². The Kier molecular flexibility index (Phi) is 34.2. The number of benzene rings is 10. The van der Waals surface area contributed by atoms with Crippen LogP contribution in [0, 0.1) is 47.3 Å². The maximum Gasteiger partial charge on any atom is 0.183 e. The topological polar surface area (TPSA) is 201 Å². The van der Waals surface area contributed by atoms with Gasteiger partial charge in [0.25, 0.3) is 0 Å². The lowest BCUT2D eigenvalue weighted by molar-refractivity contribution is -0.117. The highest BCUT2D eigenvalue weighted by molar-refractivity contribution is 6.10. The summed E-state index contributed by atoms with van der Waals surface area (Å²) in [6.45, 7) is 30.6. The zero-order chi connectivity index (χ0) is 85.5. The third-order valence-corrected chi connectivity index (χ3v) is 19.1. The van der Waals surface area contributed by atoms with Gasteiger partial charge < -0.3 is 0 Å². The van der Waals surface area contributed by atoms with E-state index in [4.69, 9.17) is 0 Å². The van der Waals surface area contributed by atoms with E-state index in [1.807, 2.05) is 360 Å². The number of fused-ring (bicyclic) bond motifs is 7. The molecule has 0 saturated heterocycles. The quantitative estimate of drug-likeness (QED) is 0.0616. The maximum atomic E-state index is 12.0. The highest BCUT2D eigenvalue weighted by Gasteiger charge is 2.18. The SMILES string of the molecule is CC(C)C(=O)/C=C/c1ccccc1.CC(C)C(=O)c1ccc2ccccc2c1.CC(C)C(=O)c1ccc2ccccc2n1.CC(C)C(=O)c1ccc2ccncc2c1.CC(C)C(=O)c1ccc2cnccc2c1.CC(C)C(=O)c1cccc2ccccc12.CC(C)C(=O)c1ccnc2ccccc12.CC(C)C(=O)c1cnc2ccccc2c1. The van der Waals surface area contributed by atoms with E-state index in [-0.39, 0.29) is 93.6 Å². The van der Waals surface area contributed by atoms with Crippen LogP contribution in [0.2, 0.25) is 0 Å². The molecule has 0 atom stereocenters. The van der Waals surface area contributed by atoms with Crippen LogP contribution in [0.15, 0.2) is 304 Å². The van der Waals surface area contributed by atoms with Gasteiger partial charge in [0.05, 0.1) is 16.6 Å². The second-order valence-corrected chi connectivity index (χ2v) is 31.1. The van der Waals surface area contributed by atoms with Gasteiger partial charge in [0.1, 0.15) is 5.69 Å². The van der Waals surface area contributed by atoms with Crippen LogP contribution in [0.5, 0.6) is 0 Å². The Morgan fingerprint density at radius 1 is 0.254 bits per heavy atom. The molecule has 5 aromatic heterocycles. The van der Waals surface area contributed by atoms with E-state index in [9.17, 15) is 38.4 Å². The Hall–Kier alpha value is -13.1. The molecule has 0 spiro atoms. The smallest absolute Gasteiger partial charge is 0.183 e. The van der Waals surface area contributed by atoms with Gasteiger partial charge in [-0.1, -0.05) is 311 Å². The largest absolute Gasteiger partial charge is 0.295 e. The molecule has 0 aliphatic rings. The summed E-state index contributed by atoms with van der Waals surface area (Å²) in [4.78, 5) is 115. The normalized spacial score (nSPS) is 10.9. The van der Waals surface area contributed by atoms with Crippen LogP contribution in [0.3, 0.4) is 0 Å². The van der Waals surface area contributed by atoms with Crippen molar-refractivity contribution in [3.05, 3.63) is 349 Å². The van der Waals surface area contributed by atoms with E-state index in [0.29, 0.717) is 11.3 Å². The zero-order valence-electron chi connectivity index (χ0n) is 70.6. The average Bonchev–Trinajstić information content (AvgIpc) is 0.809. The van der Waals surface area contributed by atoms with E-state index in [2.05, 4.69) is 31.0 Å². The van der Waals surface area contributed by atoms with Gasteiger partial charge in [-0.05, 0) is 111 Å². The number of hydrogen-bond acceptors (Lipinski definition) is 13. The Labute approximate surface area is 694 Å². The van der Waals surface area contributed by atoms with Crippen molar-refractivity contribution < 1.29 is 38.4 Å². The lowest BCUT2D eigenvalue weighted by atomic mass is 9.96. The van der Waals surface area contributed by atoms with Crippen molar-refractivity contribution in [3.8, 4) is 0 Å². The van der Waals surface area contributed by atoms with Crippen molar-refractivity contribution in [2.24, 2.45) is 47.3 Å². The minimum atomic E-state index is -0.00124. The minimum absolute atomic E-state index is 0.00124. The molecule has 0 bridgehead atoms. The number of nitrogens with zero attached hydrogens (tertiary/aromatic N) is 5. The van der Waals surface area contributed by atoms with Gasteiger partial charge in [-0.2, -0.15) is 0 Å². The molecule has 15 aromatic rings. The molecule has 0 saturated carbocycles. The Morgan fingerprint density at radius 2 is 0.653 bits per heavy atom. The first-order chi connectivity index (χ1) is 56.5. The van der Waals surface area contributed by atoms with Gasteiger partial charge in [0.15, 0.2) is 46.3 Å². The maximum absolute atomic E-state index is 12.0. The lowest BCUT2D eigenvalue weighted by Crippen LogP contribution is -2.09. The number of ketones is 8. The molecule has 118 heavy (non-hydrogen) atoms. The minimum Gasteiger partial charge on any atom is -0.295 e. The summed E-state index contributed by atoms with van der Waals surface area (Å²) in [6, 6.07) is 83.8. The number of Topliss-reactive ketones (excluding diaryl/α,β-unsaturated/α-hetero) is 7. The van der Waals surface area contributed by atoms with Crippen molar-refractivity contribution in [1.29, 1.82) is 0 Å². The van der Waals surface area contributed by atoms with Gasteiger partial charge in [-0.15, -0.1) is 0 Å². The molecule has 600 valence electrons. The highest BCUT2D eigenvalue weighted by Crippen LogP contribution is 2.25. The number of hydrogen-bond donors (Lipinski definition) is 0. The van der Waals surface area contributed by atoms with Crippen LogP contribution in [-0.4, -0.2) is 71.2 Å². The summed E-state index contributed by atoms with van der Waals surface area (Å²) in [5, 5.41) is 11.8. The molecule has 5 heterocycles. The fraction of sp³-hybridized carbons (Fsp3) is 0.229. The fourth-order valence-corrected chi connectivity index (χ4v) is 12.2. The molecule has 15 rings (SSSR count). The first-order valence-corrected chi connectivity index (χ1v) is 40.3. The van der Waals surface area contributed by atoms with Gasteiger partial charge >= 0.3 is 0 Å². The third kappa shape index (κ3) is 26.2. The summed E-state index contributed by atoms with van der Waals surface area (Å²) in [6.07, 6.45) is 13.9. The predicted octanol–water partition coefficient (Wildman–Crippen LogP) is 25.6. The van der Waals surface area contributed by atoms with E-state index < -0.39 is 0 Å². The highest BCUT2D eigenvalue weighted by atomic mass is 16.2. The van der Waals surface area contributed by atoms with Gasteiger partial charge in [-0.3, -0.25) is 58.3 Å². The first kappa shape index (κ1) is 90.4. The molecule has 0 radical (unpaired) electrons. The molecule has 0 amide bonds. The molecule has 0 unspecified atom stereocenters. The Balaban J connectivity index is 0.000000168. The Morgan fingerprint density at radius 3 is 1.21 bits per heavy atom. The molecule has 0 fully saturated rings. The van der Waals surface area contributed by atoms with Crippen LogP contribution in [0.4, 0.5) is 0 Å². The van der Waals surface area contributed by atoms with Crippen molar-refractivity contribution in [1.82, 2.24) is 24.9 Å². The van der Waals surface area contributed by atoms with Crippen LogP contribution in [-0.2, 0) is 4.79 Å². The molecule has 0 N–H and O–H groups in total. The van der Waals surface area contributed by atoms with Crippen molar-refractivity contribution >= 4 is 128 Å². The van der Waals surface area contributed by atoms with E-state index >= 15 is 0 Å². The number of aromatic nitrogens is 5. The van der Waals surface area contributed by atoms with Crippen molar-refractivity contribution in [3.63, 3.8) is 0 Å². The second kappa shape index (κ2) is 44.7. The van der Waals surface area contributed by atoms with Crippen LogP contribution >= 0.6 is 0 Å². The molecule has 0 aliphatic heterocycles. The third-order valence-electron chi connectivity index (χ3n) is 19.1. The van der Waals surface area contributed by atoms with Crippen molar-refractivity contribution in [2.45, 2.75) is 111 Å². The number of pyridine rings is 5. The summed E-state index contributed by atoms with van der Waals surface area (Å²) < 4.78 is 0. The van der Waals surface area contributed by atoms with E-state index in [0.717, 1.165) is 104 Å². The number of para-hydroxylation sites is 3. The zero-order valence-corrected chi connectivity index (χ0v) is 70.6. The van der Waals surface area contributed by atoms with Crippen LogP contribution < -0.4 is 0 Å². The summed E-state index contributed by atoms with van der Waals surface area (Å²) in [5.41, 5.74) is 8.98. The van der Waals surface area contributed by atoms with Crippen LogP contribution in [0.25, 0.3) is 81.9 Å². The summed E-state index contributed by atoms with van der Waals surface area (Å²) >= 11 is 0. The monoisotopic (exact) mass is 1570 g/mol. The van der Waals surface area contributed by atoms with E-state index in [1.54, 1.807) is 55.4 Å². The molecule has 13 nitrogen and oxygen atoms in total. The standard InChI is InChI=1S/2C14H14O.5C13H13NO.C12H14O/c1-10(2)14(15)13-9-5-7-11-6-3-4-8-12(11)13;1-10(2)14(15)13-8-7-11-5-3-4-6-12(11)9-13;1-9(2)13(15)11-3-4-12-8-14-6-5-10(12)7-11;1-9(2)13(15)11-4-3-10-5-6-14-8-12(10)7-11;1-9(2)13(15)11-7-10-5-3-4-6-12(10)14-8-11;1-9(2)13(15)11-7-8-14-12-6-4-3-5-10(11)12;1-9(2)13(15)12-8-7-10-5-3-4-6-11(10)14-12;1-10(2)12(13)9-8-11-6-4-3-5-7-11/h2*3-10H,1-2H3;5*3-9H,1-2H3;3-10H,1-2H3/b;;;;;;;9-8+. The molecule has 13 heteroatoms. The number of carbonyl (C=O) groups is 8. The lowest BCUT2D eigenvalue weighted by Gasteiger charge is -2.07. The summed E-state index contributed by atoms with van der Waals surface area (Å²) in [7, 11) is 0. The summed E-state index contributed by atoms with van der Waals surface area (Å²) in [5.74, 6) is 1.71. The molecular formula is C105H107N5O8. The first-order valence-electron chi connectivity index (χ1n) is 40.3. The van der Waals surface area contributed by atoms with Crippen LogP contribution in [0.1, 0.15) is 189 Å². The molecule has 0 aliphatic carbocycles. The van der Waals surface area contributed by atoms with Gasteiger partial charge in [0.2, 0.25) is 0 Å². The molecule has 10 aromatic carbocycles. The number of carbonyl (C=O) groups excluding carboxylic acids is 8. The second-order valence-electron chi connectivity index (χ2n) is 31.1. The van der Waals surface area contributed by atoms with Gasteiger partial charge in [-0.25, -0.2) is 4.98 Å². The average molecular weight is 1570 g/mol. The van der Waals surface area contributed by atoms with E-state index in [1.165, 1.54) is 5.39 Å². The Bertz CT molecular complexity index is 5320. The predicted molar refractivity (Wildman–Crippen MR) is 486 cm³/mol.